The zero-order valence-electron chi connectivity index (χ0n) is 23.4. The van der Waals surface area contributed by atoms with Gasteiger partial charge in [-0.3, -0.25) is 14.4 Å². The summed E-state index contributed by atoms with van der Waals surface area (Å²) >= 11 is 12.2. The second-order valence-electron chi connectivity index (χ2n) is 10.0. The van der Waals surface area contributed by atoms with E-state index in [2.05, 4.69) is 16.0 Å². The lowest BCUT2D eigenvalue weighted by Crippen LogP contribution is -2.27. The number of rotatable bonds is 11. The monoisotopic (exact) mass is 612 g/mol. The summed E-state index contributed by atoms with van der Waals surface area (Å²) in [5.41, 5.74) is 3.03. The van der Waals surface area contributed by atoms with E-state index < -0.39 is 17.6 Å². The molecule has 0 saturated heterocycles. The van der Waals surface area contributed by atoms with Crippen molar-refractivity contribution in [3.63, 3.8) is 0 Å². The second kappa shape index (κ2) is 13.8. The molecule has 3 amide bonds. The molecular formula is C31H31Cl2FN4O4. The molecule has 3 N–H and O–H groups in total. The number of ether oxygens (including phenoxy) is 1. The summed E-state index contributed by atoms with van der Waals surface area (Å²) in [6.45, 7) is 4.89. The van der Waals surface area contributed by atoms with Gasteiger partial charge in [-0.1, -0.05) is 43.1 Å². The molecule has 0 unspecified atom stereocenters. The Morgan fingerprint density at radius 2 is 1.62 bits per heavy atom. The molecule has 0 atom stereocenters. The number of nitrogens with one attached hydrogen (secondary N) is 3. The zero-order valence-corrected chi connectivity index (χ0v) is 24.9. The molecule has 0 fully saturated rings. The van der Waals surface area contributed by atoms with Crippen molar-refractivity contribution >= 4 is 63.2 Å². The third-order valence-electron chi connectivity index (χ3n) is 6.57. The fourth-order valence-corrected chi connectivity index (χ4v) is 4.75. The van der Waals surface area contributed by atoms with E-state index >= 15 is 0 Å². The van der Waals surface area contributed by atoms with Crippen LogP contribution in [0, 0.1) is 11.7 Å². The Bertz CT molecular complexity index is 1640. The van der Waals surface area contributed by atoms with Gasteiger partial charge in [0, 0.05) is 55.0 Å². The van der Waals surface area contributed by atoms with Gasteiger partial charge < -0.3 is 25.3 Å². The smallest absolute Gasteiger partial charge is 0.272 e. The quantitative estimate of drug-likeness (QED) is 0.160. The number of benzene rings is 3. The summed E-state index contributed by atoms with van der Waals surface area (Å²) < 4.78 is 20.6. The van der Waals surface area contributed by atoms with Gasteiger partial charge in [0.1, 0.15) is 11.5 Å². The molecule has 0 aliphatic rings. The molecule has 11 heteroatoms. The zero-order chi connectivity index (χ0) is 30.4. The molecule has 1 heterocycles. The Morgan fingerprint density at radius 3 is 2.33 bits per heavy atom. The lowest BCUT2D eigenvalue weighted by molar-refractivity contribution is -0.124. The molecule has 3 aromatic carbocycles. The van der Waals surface area contributed by atoms with Crippen LogP contribution in [0.3, 0.4) is 0 Å². The van der Waals surface area contributed by atoms with Crippen molar-refractivity contribution in [2.45, 2.75) is 33.4 Å². The van der Waals surface area contributed by atoms with Gasteiger partial charge in [-0.15, -0.1) is 0 Å². The standard InChI is InChI=1S/C31H31Cl2FN4O4/c1-18(2)29(39)35-17-19-5-8-24(32)23(13-19)30(40)36-21-7-10-27-20(14-21)15-28(38(27)11-4-12-42-3)31(41)37-22-6-9-26(34)25(33)16-22/h5-10,13-16,18H,4,11-12,17H2,1-3H3,(H,35,39)(H,36,40)(H,37,41). The maximum Gasteiger partial charge on any atom is 0.272 e. The number of methoxy groups -OCH3 is 1. The van der Waals surface area contributed by atoms with E-state index in [9.17, 15) is 18.8 Å². The number of halogens is 3. The van der Waals surface area contributed by atoms with Gasteiger partial charge in [-0.05, 0) is 66.6 Å². The number of nitrogens with zero attached hydrogens (tertiary/aromatic N) is 1. The van der Waals surface area contributed by atoms with Crippen LogP contribution in [0.15, 0.2) is 60.7 Å². The van der Waals surface area contributed by atoms with E-state index in [0.717, 1.165) is 16.5 Å². The third-order valence-corrected chi connectivity index (χ3v) is 7.19. The van der Waals surface area contributed by atoms with Crippen molar-refractivity contribution in [2.75, 3.05) is 24.4 Å². The summed E-state index contributed by atoms with van der Waals surface area (Å²) in [7, 11) is 1.61. The van der Waals surface area contributed by atoms with Gasteiger partial charge in [0.25, 0.3) is 11.8 Å². The topological polar surface area (TPSA) is 101 Å². The van der Waals surface area contributed by atoms with Crippen LogP contribution < -0.4 is 16.0 Å². The lowest BCUT2D eigenvalue weighted by Gasteiger charge is -2.12. The van der Waals surface area contributed by atoms with Crippen LogP contribution in [0.5, 0.6) is 0 Å². The van der Waals surface area contributed by atoms with Crippen LogP contribution in [0.2, 0.25) is 10.0 Å². The van der Waals surface area contributed by atoms with E-state index in [1.54, 1.807) is 57.4 Å². The lowest BCUT2D eigenvalue weighted by atomic mass is 10.1. The van der Waals surface area contributed by atoms with E-state index in [1.807, 2.05) is 10.6 Å². The van der Waals surface area contributed by atoms with Crippen LogP contribution in [-0.4, -0.2) is 36.0 Å². The average Bonchev–Trinajstić information content (AvgIpc) is 3.32. The van der Waals surface area contributed by atoms with Gasteiger partial charge in [0.05, 0.1) is 15.6 Å². The fraction of sp³-hybridized carbons (Fsp3) is 0.258. The van der Waals surface area contributed by atoms with E-state index in [0.29, 0.717) is 36.6 Å². The summed E-state index contributed by atoms with van der Waals surface area (Å²) in [5.74, 6) is -1.64. The number of fused-ring (bicyclic) bond motifs is 1. The molecule has 220 valence electrons. The highest BCUT2D eigenvalue weighted by atomic mass is 35.5. The minimum Gasteiger partial charge on any atom is -0.385 e. The van der Waals surface area contributed by atoms with Crippen LogP contribution in [0.4, 0.5) is 15.8 Å². The number of hydrogen-bond donors (Lipinski definition) is 3. The fourth-order valence-electron chi connectivity index (χ4n) is 4.36. The predicted octanol–water partition coefficient (Wildman–Crippen LogP) is 6.90. The Morgan fingerprint density at radius 1 is 0.905 bits per heavy atom. The molecule has 1 aromatic heterocycles. The summed E-state index contributed by atoms with van der Waals surface area (Å²) in [6.07, 6.45) is 0.661. The molecule has 8 nitrogen and oxygen atoms in total. The molecule has 0 saturated carbocycles. The molecule has 0 spiro atoms. The van der Waals surface area contributed by atoms with Crippen LogP contribution in [-0.2, 0) is 22.6 Å². The average molecular weight is 614 g/mol. The van der Waals surface area contributed by atoms with Crippen molar-refractivity contribution in [3.8, 4) is 0 Å². The number of hydrogen-bond acceptors (Lipinski definition) is 4. The number of carbonyl (C=O) groups is 3. The first-order valence-corrected chi connectivity index (χ1v) is 14.1. The largest absolute Gasteiger partial charge is 0.385 e. The van der Waals surface area contributed by atoms with E-state index in [1.165, 1.54) is 18.2 Å². The number of aromatic nitrogens is 1. The second-order valence-corrected chi connectivity index (χ2v) is 10.8. The SMILES string of the molecule is COCCCn1c(C(=O)Nc2ccc(F)c(Cl)c2)cc2cc(NC(=O)c3cc(CNC(=O)C(C)C)ccc3Cl)ccc21. The number of aryl methyl sites for hydroxylation is 1. The highest BCUT2D eigenvalue weighted by Gasteiger charge is 2.18. The molecule has 0 aliphatic carbocycles. The van der Waals surface area contributed by atoms with Gasteiger partial charge in [-0.2, -0.15) is 0 Å². The number of carbonyl (C=O) groups excluding carboxylic acids is 3. The highest BCUT2D eigenvalue weighted by molar-refractivity contribution is 6.34. The molecule has 4 aromatic rings. The number of anilines is 2. The molecule has 42 heavy (non-hydrogen) atoms. The maximum atomic E-state index is 13.6. The minimum atomic E-state index is -0.580. The normalized spacial score (nSPS) is 11.1. The highest BCUT2D eigenvalue weighted by Crippen LogP contribution is 2.27. The van der Waals surface area contributed by atoms with Gasteiger partial charge >= 0.3 is 0 Å². The first kappa shape index (κ1) is 31.0. The summed E-state index contributed by atoms with van der Waals surface area (Å²) in [4.78, 5) is 38.4. The van der Waals surface area contributed by atoms with Crippen LogP contribution >= 0.6 is 23.2 Å². The Balaban J connectivity index is 1.58. The van der Waals surface area contributed by atoms with E-state index in [-0.39, 0.29) is 34.0 Å². The molecule has 0 bridgehead atoms. The molecule has 4 rings (SSSR count). The maximum absolute atomic E-state index is 13.6. The first-order valence-electron chi connectivity index (χ1n) is 13.3. The molecule has 0 aliphatic heterocycles. The molecular weight excluding hydrogens is 582 g/mol. The van der Waals surface area contributed by atoms with Gasteiger partial charge in [-0.25, -0.2) is 4.39 Å². The van der Waals surface area contributed by atoms with Crippen molar-refractivity contribution < 1.29 is 23.5 Å². The third kappa shape index (κ3) is 7.47. The summed E-state index contributed by atoms with van der Waals surface area (Å²) in [5, 5.41) is 9.37. The van der Waals surface area contributed by atoms with Crippen molar-refractivity contribution in [1.82, 2.24) is 9.88 Å². The van der Waals surface area contributed by atoms with Gasteiger partial charge in [0.2, 0.25) is 5.91 Å². The van der Waals surface area contributed by atoms with Crippen molar-refractivity contribution in [2.24, 2.45) is 5.92 Å². The Labute approximate surface area is 253 Å². The number of amides is 3. The molecule has 0 radical (unpaired) electrons. The van der Waals surface area contributed by atoms with Gasteiger partial charge in [0.15, 0.2) is 0 Å². The first-order chi connectivity index (χ1) is 20.1. The predicted molar refractivity (Wildman–Crippen MR) is 164 cm³/mol. The van der Waals surface area contributed by atoms with E-state index in [4.69, 9.17) is 27.9 Å². The Kier molecular flexibility index (Phi) is 10.2. The van der Waals surface area contributed by atoms with Crippen molar-refractivity contribution in [1.29, 1.82) is 0 Å². The van der Waals surface area contributed by atoms with Crippen molar-refractivity contribution in [3.05, 3.63) is 93.3 Å². The van der Waals surface area contributed by atoms with Crippen LogP contribution in [0.25, 0.3) is 10.9 Å². The summed E-state index contributed by atoms with van der Waals surface area (Å²) in [6, 6.07) is 16.0. The Hall–Kier alpha value is -3.92. The minimum absolute atomic E-state index is 0.0899. The van der Waals surface area contributed by atoms with Crippen LogP contribution in [0.1, 0.15) is 46.7 Å².